The molecule has 1 saturated heterocycles. The van der Waals surface area contributed by atoms with Gasteiger partial charge >= 0.3 is 0 Å². The Hall–Kier alpha value is -1.40. The maximum Gasteiger partial charge on any atom is 0.239 e. The fourth-order valence-electron chi connectivity index (χ4n) is 2.06. The summed E-state index contributed by atoms with van der Waals surface area (Å²) in [7, 11) is 0. The van der Waals surface area contributed by atoms with Crippen molar-refractivity contribution in [2.24, 2.45) is 0 Å². The van der Waals surface area contributed by atoms with Crippen LogP contribution in [0.25, 0.3) is 0 Å². The molecule has 2 amide bonds. The first kappa shape index (κ1) is 18.6. The van der Waals surface area contributed by atoms with Gasteiger partial charge in [-0.25, -0.2) is 0 Å². The third-order valence-electron chi connectivity index (χ3n) is 3.20. The third kappa shape index (κ3) is 6.58. The predicted octanol–water partition coefficient (Wildman–Crippen LogP) is 1.96. The van der Waals surface area contributed by atoms with Crippen LogP contribution in [-0.4, -0.2) is 30.9 Å². The molecule has 1 unspecified atom stereocenters. The summed E-state index contributed by atoms with van der Waals surface area (Å²) < 4.78 is 1.00. The second kappa shape index (κ2) is 10.3. The van der Waals surface area contributed by atoms with Gasteiger partial charge in [-0.1, -0.05) is 41.9 Å². The molecule has 1 fully saturated rings. The Balaban J connectivity index is 0.00000116. The molecule has 0 bridgehead atoms. The van der Waals surface area contributed by atoms with Crippen molar-refractivity contribution in [3.8, 4) is 0 Å². The maximum atomic E-state index is 11.7. The molecule has 1 atom stereocenters. The Morgan fingerprint density at radius 1 is 1.23 bits per heavy atom. The van der Waals surface area contributed by atoms with Crippen LogP contribution in [0.3, 0.4) is 0 Å². The second-order valence-electron chi connectivity index (χ2n) is 4.77. The number of hydrogen-bond donors (Lipinski definition) is 3. The highest BCUT2D eigenvalue weighted by Crippen LogP contribution is 2.10. The minimum absolute atomic E-state index is 0.0214. The van der Waals surface area contributed by atoms with E-state index in [1.54, 1.807) is 0 Å². The van der Waals surface area contributed by atoms with Gasteiger partial charge in [0.25, 0.3) is 0 Å². The highest BCUT2D eigenvalue weighted by Gasteiger charge is 2.21. The monoisotopic (exact) mass is 369 g/mol. The average molecular weight is 370 g/mol. The van der Waals surface area contributed by atoms with Crippen LogP contribution in [0.2, 0.25) is 0 Å². The zero-order chi connectivity index (χ0) is 16.4. The summed E-state index contributed by atoms with van der Waals surface area (Å²) in [5.41, 5.74) is 1.02. The Labute approximate surface area is 140 Å². The van der Waals surface area contributed by atoms with Gasteiger partial charge < -0.3 is 16.0 Å². The summed E-state index contributed by atoms with van der Waals surface area (Å²) >= 11 is 3.36. The number of benzene rings is 1. The normalized spacial score (nSPS) is 16.4. The molecule has 3 N–H and O–H groups in total. The number of halogens is 1. The lowest BCUT2D eigenvalue weighted by Gasteiger charge is -2.11. The largest absolute Gasteiger partial charge is 0.350 e. The van der Waals surface area contributed by atoms with E-state index in [-0.39, 0.29) is 24.4 Å². The van der Waals surface area contributed by atoms with Crippen LogP contribution in [-0.2, 0) is 16.1 Å². The van der Waals surface area contributed by atoms with Crippen molar-refractivity contribution < 1.29 is 9.59 Å². The molecule has 2 rings (SSSR count). The summed E-state index contributed by atoms with van der Waals surface area (Å²) in [6, 6.07) is 7.58. The van der Waals surface area contributed by atoms with E-state index in [2.05, 4.69) is 31.9 Å². The summed E-state index contributed by atoms with van der Waals surface area (Å²) in [5, 5.41) is 8.52. The van der Waals surface area contributed by atoms with Crippen molar-refractivity contribution in [1.82, 2.24) is 16.0 Å². The van der Waals surface area contributed by atoms with Crippen molar-refractivity contribution in [3.05, 3.63) is 34.3 Å². The molecule has 6 heteroatoms. The Morgan fingerprint density at radius 2 is 1.91 bits per heavy atom. The molecule has 0 saturated carbocycles. The number of amides is 2. The highest BCUT2D eigenvalue weighted by atomic mass is 79.9. The van der Waals surface area contributed by atoms with E-state index in [1.807, 2.05) is 38.1 Å². The molecule has 0 aromatic heterocycles. The van der Waals surface area contributed by atoms with E-state index in [4.69, 9.17) is 0 Å². The molecule has 1 aromatic carbocycles. The summed E-state index contributed by atoms with van der Waals surface area (Å²) in [6.07, 6.45) is 1.85. The fourth-order valence-corrected chi connectivity index (χ4v) is 2.33. The lowest BCUT2D eigenvalue weighted by molar-refractivity contribution is -0.127. The quantitative estimate of drug-likeness (QED) is 0.742. The molecule has 22 heavy (non-hydrogen) atoms. The van der Waals surface area contributed by atoms with Crippen LogP contribution >= 0.6 is 15.9 Å². The van der Waals surface area contributed by atoms with Gasteiger partial charge in [0.05, 0.1) is 12.6 Å². The summed E-state index contributed by atoms with van der Waals surface area (Å²) in [4.78, 5) is 23.3. The van der Waals surface area contributed by atoms with Crippen molar-refractivity contribution in [3.63, 3.8) is 0 Å². The molecule has 1 aromatic rings. The van der Waals surface area contributed by atoms with Gasteiger partial charge in [0, 0.05) is 11.0 Å². The number of rotatable bonds is 5. The van der Waals surface area contributed by atoms with Crippen molar-refractivity contribution >= 4 is 27.7 Å². The van der Waals surface area contributed by atoms with E-state index < -0.39 is 0 Å². The maximum absolute atomic E-state index is 11.7. The van der Waals surface area contributed by atoms with Crippen LogP contribution in [0, 0.1) is 0 Å². The molecule has 122 valence electrons. The van der Waals surface area contributed by atoms with Gasteiger partial charge in [-0.05, 0) is 37.1 Å². The van der Waals surface area contributed by atoms with Gasteiger partial charge in [-0.15, -0.1) is 0 Å². The lowest BCUT2D eigenvalue weighted by Crippen LogP contribution is -2.44. The van der Waals surface area contributed by atoms with E-state index in [0.29, 0.717) is 6.54 Å². The highest BCUT2D eigenvalue weighted by molar-refractivity contribution is 9.10. The predicted molar refractivity (Wildman–Crippen MR) is 91.4 cm³/mol. The van der Waals surface area contributed by atoms with Crippen LogP contribution < -0.4 is 16.0 Å². The Bertz CT molecular complexity index is 471. The second-order valence-corrected chi connectivity index (χ2v) is 5.69. The standard InChI is InChI=1S/C14H18BrN3O2.C2H6/c15-11-5-3-10(4-6-11)8-17-13(19)9-18-14(20)12-2-1-7-16-12;1-2/h3-6,12,16H,1-2,7-9H2,(H,17,19)(H,18,20);1-2H3. The van der Waals surface area contributed by atoms with Gasteiger partial charge in [-0.3, -0.25) is 9.59 Å². The Morgan fingerprint density at radius 3 is 2.50 bits per heavy atom. The van der Waals surface area contributed by atoms with Crippen LogP contribution in [0.1, 0.15) is 32.3 Å². The third-order valence-corrected chi connectivity index (χ3v) is 3.73. The van der Waals surface area contributed by atoms with Crippen LogP contribution in [0.5, 0.6) is 0 Å². The lowest BCUT2D eigenvalue weighted by atomic mass is 10.2. The average Bonchev–Trinajstić information content (AvgIpc) is 3.08. The van der Waals surface area contributed by atoms with E-state index in [9.17, 15) is 9.59 Å². The number of carbonyl (C=O) groups is 2. The van der Waals surface area contributed by atoms with Gasteiger partial charge in [0.1, 0.15) is 0 Å². The van der Waals surface area contributed by atoms with Crippen LogP contribution in [0.4, 0.5) is 0 Å². The molecular weight excluding hydrogens is 346 g/mol. The molecule has 0 spiro atoms. The Kier molecular flexibility index (Phi) is 8.77. The minimum atomic E-state index is -0.181. The number of nitrogens with one attached hydrogen (secondary N) is 3. The topological polar surface area (TPSA) is 70.2 Å². The van der Waals surface area contributed by atoms with Gasteiger partial charge in [0.2, 0.25) is 11.8 Å². The molecule has 0 aliphatic carbocycles. The zero-order valence-corrected chi connectivity index (χ0v) is 14.7. The van der Waals surface area contributed by atoms with Gasteiger partial charge in [-0.2, -0.15) is 0 Å². The molecule has 0 radical (unpaired) electrons. The SMILES string of the molecule is CC.O=C(CNC(=O)C1CCCN1)NCc1ccc(Br)cc1. The first-order valence-corrected chi connectivity index (χ1v) is 8.46. The summed E-state index contributed by atoms with van der Waals surface area (Å²) in [5.74, 6) is -0.277. The van der Waals surface area contributed by atoms with E-state index in [0.717, 1.165) is 29.4 Å². The number of hydrogen-bond acceptors (Lipinski definition) is 3. The van der Waals surface area contributed by atoms with E-state index >= 15 is 0 Å². The molecule has 1 aliphatic rings. The minimum Gasteiger partial charge on any atom is -0.350 e. The molecule has 5 nitrogen and oxygen atoms in total. The number of carbonyl (C=O) groups excluding carboxylic acids is 2. The summed E-state index contributed by atoms with van der Waals surface area (Å²) in [6.45, 7) is 5.35. The van der Waals surface area contributed by atoms with Crippen molar-refractivity contribution in [1.29, 1.82) is 0 Å². The zero-order valence-electron chi connectivity index (χ0n) is 13.1. The van der Waals surface area contributed by atoms with Gasteiger partial charge in [0.15, 0.2) is 0 Å². The molecular formula is C16H24BrN3O2. The fraction of sp³-hybridized carbons (Fsp3) is 0.500. The first-order chi connectivity index (χ1) is 10.6. The van der Waals surface area contributed by atoms with Crippen molar-refractivity contribution in [2.45, 2.75) is 39.3 Å². The smallest absolute Gasteiger partial charge is 0.239 e. The molecule has 1 aliphatic heterocycles. The molecule has 1 heterocycles. The van der Waals surface area contributed by atoms with Crippen molar-refractivity contribution in [2.75, 3.05) is 13.1 Å². The van der Waals surface area contributed by atoms with Crippen LogP contribution in [0.15, 0.2) is 28.7 Å². The first-order valence-electron chi connectivity index (χ1n) is 7.67. The van der Waals surface area contributed by atoms with E-state index in [1.165, 1.54) is 0 Å².